The molecule has 1 aromatic carbocycles. The highest BCUT2D eigenvalue weighted by molar-refractivity contribution is 6.36. The molecule has 1 aliphatic heterocycles. The lowest BCUT2D eigenvalue weighted by Gasteiger charge is -2.43. The van der Waals surface area contributed by atoms with Crippen LogP contribution in [0.1, 0.15) is 38.7 Å². The van der Waals surface area contributed by atoms with E-state index in [1.54, 1.807) is 0 Å². The fourth-order valence-electron chi connectivity index (χ4n) is 3.50. The zero-order valence-corrected chi connectivity index (χ0v) is 14.5. The van der Waals surface area contributed by atoms with Crippen molar-refractivity contribution in [3.8, 4) is 0 Å². The number of halogens is 2. The summed E-state index contributed by atoms with van der Waals surface area (Å²) < 4.78 is 0. The number of carbonyl (C=O) groups is 1. The molecule has 1 amide bonds. The van der Waals surface area contributed by atoms with Crippen LogP contribution in [0.15, 0.2) is 18.2 Å². The van der Waals surface area contributed by atoms with Gasteiger partial charge in [0.1, 0.15) is 0 Å². The number of nitrogens with zero attached hydrogens (tertiary/aromatic N) is 1. The zero-order valence-electron chi connectivity index (χ0n) is 13.0. The van der Waals surface area contributed by atoms with Gasteiger partial charge in [0.25, 0.3) is 0 Å². The second kappa shape index (κ2) is 5.40. The quantitative estimate of drug-likeness (QED) is 0.893. The normalized spacial score (nSPS) is 25.9. The highest BCUT2D eigenvalue weighted by atomic mass is 35.5. The van der Waals surface area contributed by atoms with Gasteiger partial charge < -0.3 is 10.6 Å². The van der Waals surface area contributed by atoms with E-state index in [-0.39, 0.29) is 17.4 Å². The first-order valence-electron chi connectivity index (χ1n) is 7.77. The third-order valence-electron chi connectivity index (χ3n) is 5.20. The monoisotopic (exact) mass is 340 g/mol. The summed E-state index contributed by atoms with van der Waals surface area (Å²) in [5.74, 6) is 0.155. The Balaban J connectivity index is 1.89. The van der Waals surface area contributed by atoms with E-state index < -0.39 is 5.41 Å². The van der Waals surface area contributed by atoms with Gasteiger partial charge in [-0.3, -0.25) is 4.79 Å². The van der Waals surface area contributed by atoms with Gasteiger partial charge in [-0.25, -0.2) is 0 Å². The van der Waals surface area contributed by atoms with Crippen molar-refractivity contribution in [3.63, 3.8) is 0 Å². The number of nitrogens with two attached hydrogens (primary N) is 1. The number of hydrogen-bond donors (Lipinski definition) is 1. The number of piperidine rings is 1. The molecule has 1 atom stereocenters. The second-order valence-electron chi connectivity index (χ2n) is 7.29. The number of rotatable bonds is 2. The summed E-state index contributed by atoms with van der Waals surface area (Å²) in [7, 11) is 0. The van der Waals surface area contributed by atoms with E-state index in [0.29, 0.717) is 23.1 Å². The van der Waals surface area contributed by atoms with Crippen molar-refractivity contribution in [1.82, 2.24) is 4.90 Å². The highest BCUT2D eigenvalue weighted by Crippen LogP contribution is 2.54. The molecule has 5 heteroatoms. The maximum absolute atomic E-state index is 13.1. The minimum Gasteiger partial charge on any atom is -0.341 e. The summed E-state index contributed by atoms with van der Waals surface area (Å²) in [6.45, 7) is 5.66. The van der Waals surface area contributed by atoms with Crippen LogP contribution in [0.25, 0.3) is 0 Å². The Labute approximate surface area is 141 Å². The fraction of sp³-hybridized carbons (Fsp3) is 0.588. The van der Waals surface area contributed by atoms with Crippen molar-refractivity contribution in [2.45, 2.75) is 44.6 Å². The van der Waals surface area contributed by atoms with E-state index in [4.69, 9.17) is 28.9 Å². The van der Waals surface area contributed by atoms with Gasteiger partial charge >= 0.3 is 0 Å². The Morgan fingerprint density at radius 3 is 2.36 bits per heavy atom. The van der Waals surface area contributed by atoms with Crippen LogP contribution >= 0.6 is 23.2 Å². The van der Waals surface area contributed by atoms with Gasteiger partial charge in [0.15, 0.2) is 0 Å². The molecule has 0 radical (unpaired) electrons. The van der Waals surface area contributed by atoms with Crippen LogP contribution in [-0.2, 0) is 10.2 Å². The average Bonchev–Trinajstić information content (AvgIpc) is 3.22. The van der Waals surface area contributed by atoms with E-state index in [9.17, 15) is 4.79 Å². The summed E-state index contributed by atoms with van der Waals surface area (Å²) in [4.78, 5) is 15.1. The van der Waals surface area contributed by atoms with Gasteiger partial charge in [0, 0.05) is 34.7 Å². The Bertz CT molecular complexity index is 590. The molecule has 120 valence electrons. The summed E-state index contributed by atoms with van der Waals surface area (Å²) in [6, 6.07) is 5.58. The van der Waals surface area contributed by atoms with Crippen molar-refractivity contribution in [2.24, 2.45) is 11.1 Å². The molecule has 1 aromatic rings. The van der Waals surface area contributed by atoms with Gasteiger partial charge in [-0.2, -0.15) is 0 Å². The standard InChI is InChI=1S/C17H22Cl2N2O/c1-16(2)10-21(9-6-13(16)20)15(22)17(7-8-17)14-11(18)4-3-5-12(14)19/h3-5,13H,6-10,20H2,1-2H3. The van der Waals surface area contributed by atoms with Crippen LogP contribution in [0, 0.1) is 5.41 Å². The number of likely N-dealkylation sites (tertiary alicyclic amines) is 1. The lowest BCUT2D eigenvalue weighted by Crippen LogP contribution is -2.55. The SMILES string of the molecule is CC1(C)CN(C(=O)C2(c3c(Cl)cccc3Cl)CC2)CCC1N. The summed E-state index contributed by atoms with van der Waals surface area (Å²) in [5, 5.41) is 1.18. The largest absolute Gasteiger partial charge is 0.341 e. The van der Waals surface area contributed by atoms with E-state index in [1.165, 1.54) is 0 Å². The van der Waals surface area contributed by atoms with Crippen molar-refractivity contribution in [1.29, 1.82) is 0 Å². The Morgan fingerprint density at radius 1 is 1.27 bits per heavy atom. The van der Waals surface area contributed by atoms with Crippen molar-refractivity contribution in [2.75, 3.05) is 13.1 Å². The van der Waals surface area contributed by atoms with E-state index >= 15 is 0 Å². The smallest absolute Gasteiger partial charge is 0.233 e. The zero-order chi connectivity index (χ0) is 16.1. The highest BCUT2D eigenvalue weighted by Gasteiger charge is 2.56. The molecular formula is C17H22Cl2N2O. The van der Waals surface area contributed by atoms with Crippen LogP contribution in [-0.4, -0.2) is 29.9 Å². The van der Waals surface area contributed by atoms with Crippen LogP contribution < -0.4 is 5.73 Å². The summed E-state index contributed by atoms with van der Waals surface area (Å²) in [6.07, 6.45) is 2.47. The minimum atomic E-state index is -0.521. The maximum atomic E-state index is 13.1. The summed E-state index contributed by atoms with van der Waals surface area (Å²) in [5.41, 5.74) is 6.40. The summed E-state index contributed by atoms with van der Waals surface area (Å²) >= 11 is 12.7. The molecule has 1 heterocycles. The molecule has 3 nitrogen and oxygen atoms in total. The molecule has 2 aliphatic rings. The van der Waals surface area contributed by atoms with Gasteiger partial charge in [-0.15, -0.1) is 0 Å². The third kappa shape index (κ3) is 2.53. The molecule has 3 rings (SSSR count). The van der Waals surface area contributed by atoms with Crippen molar-refractivity contribution >= 4 is 29.1 Å². The average molecular weight is 341 g/mol. The minimum absolute atomic E-state index is 0.0612. The van der Waals surface area contributed by atoms with Crippen LogP contribution in [0.5, 0.6) is 0 Å². The van der Waals surface area contributed by atoms with Crippen LogP contribution in [0.3, 0.4) is 0 Å². The number of benzene rings is 1. The first-order chi connectivity index (χ1) is 10.3. The fourth-order valence-corrected chi connectivity index (χ4v) is 4.26. The lowest BCUT2D eigenvalue weighted by atomic mass is 9.79. The molecule has 0 bridgehead atoms. The maximum Gasteiger partial charge on any atom is 0.233 e. The molecule has 2 fully saturated rings. The van der Waals surface area contributed by atoms with Crippen molar-refractivity contribution < 1.29 is 4.79 Å². The number of hydrogen-bond acceptors (Lipinski definition) is 2. The van der Waals surface area contributed by atoms with Gasteiger partial charge in [-0.1, -0.05) is 43.1 Å². The first kappa shape index (κ1) is 16.1. The Morgan fingerprint density at radius 2 is 1.86 bits per heavy atom. The van der Waals surface area contributed by atoms with Crippen LogP contribution in [0.2, 0.25) is 10.0 Å². The molecule has 1 saturated heterocycles. The molecule has 1 saturated carbocycles. The predicted molar refractivity (Wildman–Crippen MR) is 90.3 cm³/mol. The molecule has 2 N–H and O–H groups in total. The number of amides is 1. The van der Waals surface area contributed by atoms with E-state index in [1.807, 2.05) is 23.1 Å². The first-order valence-corrected chi connectivity index (χ1v) is 8.53. The Kier molecular flexibility index (Phi) is 3.95. The van der Waals surface area contributed by atoms with Crippen LogP contribution in [0.4, 0.5) is 0 Å². The van der Waals surface area contributed by atoms with E-state index in [2.05, 4.69) is 13.8 Å². The van der Waals surface area contributed by atoms with Gasteiger partial charge in [-0.05, 0) is 36.8 Å². The van der Waals surface area contributed by atoms with Gasteiger partial charge in [0.05, 0.1) is 5.41 Å². The molecule has 1 unspecified atom stereocenters. The molecular weight excluding hydrogens is 319 g/mol. The van der Waals surface area contributed by atoms with Crippen molar-refractivity contribution in [3.05, 3.63) is 33.8 Å². The molecule has 1 aliphatic carbocycles. The second-order valence-corrected chi connectivity index (χ2v) is 8.10. The molecule has 0 spiro atoms. The topological polar surface area (TPSA) is 46.3 Å². The van der Waals surface area contributed by atoms with Gasteiger partial charge in [0.2, 0.25) is 5.91 Å². The predicted octanol–water partition coefficient (Wildman–Crippen LogP) is 3.61. The number of carbonyl (C=O) groups excluding carboxylic acids is 1. The molecule has 0 aromatic heterocycles. The lowest BCUT2D eigenvalue weighted by molar-refractivity contribution is -0.137. The Hall–Kier alpha value is -0.770. The third-order valence-corrected chi connectivity index (χ3v) is 5.83. The molecule has 22 heavy (non-hydrogen) atoms. The van der Waals surface area contributed by atoms with E-state index in [0.717, 1.165) is 24.8 Å².